The van der Waals surface area contributed by atoms with Crippen molar-refractivity contribution in [2.24, 2.45) is 5.41 Å². The first kappa shape index (κ1) is 11.8. The molecule has 2 aliphatic rings. The molecule has 2 rings (SSSR count). The number of esters is 1. The molecule has 0 radical (unpaired) electrons. The Morgan fingerprint density at radius 3 is 2.88 bits per heavy atom. The lowest BCUT2D eigenvalue weighted by Gasteiger charge is -2.43. The average molecular weight is 229 g/mol. The first-order valence-electron chi connectivity index (χ1n) is 5.71. The molecule has 5 heteroatoms. The summed E-state index contributed by atoms with van der Waals surface area (Å²) >= 11 is 0. The Labute approximate surface area is 95.3 Å². The minimum absolute atomic E-state index is 0.122. The molecule has 16 heavy (non-hydrogen) atoms. The predicted molar refractivity (Wildman–Crippen MR) is 56.9 cm³/mol. The highest BCUT2D eigenvalue weighted by molar-refractivity contribution is 5.75. The molecule has 2 saturated heterocycles. The van der Waals surface area contributed by atoms with E-state index < -0.39 is 0 Å². The molecule has 0 aliphatic carbocycles. The Balaban J connectivity index is 1.95. The number of hydrogen-bond acceptors (Lipinski definition) is 5. The Morgan fingerprint density at radius 1 is 1.62 bits per heavy atom. The lowest BCUT2D eigenvalue weighted by Crippen LogP contribution is -2.55. The van der Waals surface area contributed by atoms with Gasteiger partial charge in [-0.15, -0.1) is 0 Å². The maximum atomic E-state index is 11.5. The van der Waals surface area contributed by atoms with E-state index in [9.17, 15) is 9.90 Å². The topological polar surface area (TPSA) is 59.0 Å². The Bertz CT molecular complexity index is 259. The van der Waals surface area contributed by atoms with Crippen molar-refractivity contribution >= 4 is 5.97 Å². The number of carbonyl (C=O) groups is 1. The zero-order valence-electron chi connectivity index (χ0n) is 9.65. The van der Waals surface area contributed by atoms with E-state index in [4.69, 9.17) is 9.47 Å². The van der Waals surface area contributed by atoms with Crippen LogP contribution >= 0.6 is 0 Å². The number of aliphatic hydroxyl groups excluding tert-OH is 1. The molecule has 0 aromatic carbocycles. The fraction of sp³-hybridized carbons (Fsp3) is 0.909. The lowest BCUT2D eigenvalue weighted by atomic mass is 9.86. The number of nitrogens with zero attached hydrogens (tertiary/aromatic N) is 1. The summed E-state index contributed by atoms with van der Waals surface area (Å²) in [5.74, 6) is -0.161. The molecule has 2 fully saturated rings. The van der Waals surface area contributed by atoms with E-state index in [2.05, 4.69) is 4.90 Å². The van der Waals surface area contributed by atoms with Gasteiger partial charge in [0.15, 0.2) is 0 Å². The summed E-state index contributed by atoms with van der Waals surface area (Å²) in [6.07, 6.45) is 1.87. The second-order valence-electron chi connectivity index (χ2n) is 4.80. The molecule has 0 aromatic rings. The molecule has 0 amide bonds. The van der Waals surface area contributed by atoms with Crippen LogP contribution in [0.2, 0.25) is 0 Å². The minimum Gasteiger partial charge on any atom is -0.468 e. The molecule has 0 saturated carbocycles. The second-order valence-corrected chi connectivity index (χ2v) is 4.80. The number of aliphatic hydroxyl groups is 1. The van der Waals surface area contributed by atoms with Gasteiger partial charge in [0.25, 0.3) is 0 Å². The summed E-state index contributed by atoms with van der Waals surface area (Å²) in [7, 11) is 1.42. The Hall–Kier alpha value is -0.650. The van der Waals surface area contributed by atoms with E-state index in [0.717, 1.165) is 25.9 Å². The maximum Gasteiger partial charge on any atom is 0.323 e. The number of methoxy groups -OCH3 is 1. The molecule has 0 bridgehead atoms. The van der Waals surface area contributed by atoms with Crippen LogP contribution in [-0.4, -0.2) is 62.0 Å². The van der Waals surface area contributed by atoms with Gasteiger partial charge >= 0.3 is 5.97 Å². The van der Waals surface area contributed by atoms with Gasteiger partial charge < -0.3 is 14.6 Å². The summed E-state index contributed by atoms with van der Waals surface area (Å²) in [4.78, 5) is 13.7. The molecule has 0 spiro atoms. The SMILES string of the molecule is COC(=O)[C@@H]1CCCN1CC1(CO)COC1. The zero-order chi connectivity index (χ0) is 11.6. The van der Waals surface area contributed by atoms with Gasteiger partial charge in [0, 0.05) is 6.54 Å². The fourth-order valence-electron chi connectivity index (χ4n) is 2.47. The molecule has 1 N–H and O–H groups in total. The minimum atomic E-state index is -0.161. The number of hydrogen-bond donors (Lipinski definition) is 1. The molecular weight excluding hydrogens is 210 g/mol. The van der Waals surface area contributed by atoms with Gasteiger partial charge in [0.05, 0.1) is 32.3 Å². The van der Waals surface area contributed by atoms with E-state index in [-0.39, 0.29) is 24.0 Å². The largest absolute Gasteiger partial charge is 0.468 e. The number of ether oxygens (including phenoxy) is 2. The van der Waals surface area contributed by atoms with Gasteiger partial charge in [-0.05, 0) is 19.4 Å². The zero-order valence-corrected chi connectivity index (χ0v) is 9.65. The van der Waals surface area contributed by atoms with Gasteiger partial charge in [-0.3, -0.25) is 9.69 Å². The third-order valence-corrected chi connectivity index (χ3v) is 3.53. The van der Waals surface area contributed by atoms with Crippen molar-refractivity contribution < 1.29 is 19.4 Å². The van der Waals surface area contributed by atoms with E-state index in [0.29, 0.717) is 13.2 Å². The third kappa shape index (κ3) is 2.07. The van der Waals surface area contributed by atoms with Crippen molar-refractivity contribution in [2.45, 2.75) is 18.9 Å². The van der Waals surface area contributed by atoms with Crippen LogP contribution < -0.4 is 0 Å². The lowest BCUT2D eigenvalue weighted by molar-refractivity contribution is -0.159. The molecule has 2 aliphatic heterocycles. The number of likely N-dealkylation sites (tertiary alicyclic amines) is 1. The predicted octanol–water partition coefficient (Wildman–Crippen LogP) is -0.367. The van der Waals surface area contributed by atoms with Crippen molar-refractivity contribution in [3.05, 3.63) is 0 Å². The Morgan fingerprint density at radius 2 is 2.38 bits per heavy atom. The standard InChI is InChI=1S/C11H19NO4/c1-15-10(14)9-3-2-4-12(9)5-11(6-13)7-16-8-11/h9,13H,2-8H2,1H3/t9-/m0/s1. The molecule has 5 nitrogen and oxygen atoms in total. The van der Waals surface area contributed by atoms with Crippen molar-refractivity contribution in [1.82, 2.24) is 4.90 Å². The van der Waals surface area contributed by atoms with E-state index in [1.807, 2.05) is 0 Å². The summed E-state index contributed by atoms with van der Waals surface area (Å²) in [6, 6.07) is -0.131. The first-order valence-corrected chi connectivity index (χ1v) is 5.71. The number of carbonyl (C=O) groups excluding carboxylic acids is 1. The van der Waals surface area contributed by atoms with Gasteiger partial charge in [-0.2, -0.15) is 0 Å². The first-order chi connectivity index (χ1) is 7.71. The van der Waals surface area contributed by atoms with Crippen LogP contribution in [0, 0.1) is 5.41 Å². The molecule has 1 atom stereocenters. The summed E-state index contributed by atoms with van der Waals surface area (Å²) < 4.78 is 9.95. The maximum absolute atomic E-state index is 11.5. The van der Waals surface area contributed by atoms with Crippen LogP contribution in [0.25, 0.3) is 0 Å². The normalized spacial score (nSPS) is 28.8. The summed E-state index contributed by atoms with van der Waals surface area (Å²) in [6.45, 7) is 2.93. The smallest absolute Gasteiger partial charge is 0.323 e. The second kappa shape index (κ2) is 4.69. The third-order valence-electron chi connectivity index (χ3n) is 3.53. The van der Waals surface area contributed by atoms with Crippen molar-refractivity contribution in [2.75, 3.05) is 40.0 Å². The monoisotopic (exact) mass is 229 g/mol. The van der Waals surface area contributed by atoms with Gasteiger partial charge in [0.2, 0.25) is 0 Å². The highest BCUT2D eigenvalue weighted by atomic mass is 16.5. The molecule has 0 aromatic heterocycles. The quantitative estimate of drug-likeness (QED) is 0.667. The van der Waals surface area contributed by atoms with Crippen molar-refractivity contribution in [3.8, 4) is 0 Å². The van der Waals surface area contributed by atoms with Crippen LogP contribution in [0.5, 0.6) is 0 Å². The van der Waals surface area contributed by atoms with Gasteiger partial charge in [-0.25, -0.2) is 0 Å². The fourth-order valence-corrected chi connectivity index (χ4v) is 2.47. The highest BCUT2D eigenvalue weighted by Gasteiger charge is 2.43. The highest BCUT2D eigenvalue weighted by Crippen LogP contribution is 2.31. The Kier molecular flexibility index (Phi) is 3.47. The van der Waals surface area contributed by atoms with Crippen molar-refractivity contribution in [3.63, 3.8) is 0 Å². The molecule has 0 unspecified atom stereocenters. The van der Waals surface area contributed by atoms with Crippen LogP contribution in [-0.2, 0) is 14.3 Å². The summed E-state index contributed by atoms with van der Waals surface area (Å²) in [5, 5.41) is 9.36. The molecular formula is C11H19NO4. The van der Waals surface area contributed by atoms with E-state index >= 15 is 0 Å². The van der Waals surface area contributed by atoms with Gasteiger partial charge in [0.1, 0.15) is 6.04 Å². The molecule has 92 valence electrons. The van der Waals surface area contributed by atoms with E-state index in [1.165, 1.54) is 7.11 Å². The van der Waals surface area contributed by atoms with Crippen LogP contribution in [0.15, 0.2) is 0 Å². The number of rotatable bonds is 4. The van der Waals surface area contributed by atoms with Crippen LogP contribution in [0.4, 0.5) is 0 Å². The summed E-state index contributed by atoms with van der Waals surface area (Å²) in [5.41, 5.74) is -0.156. The van der Waals surface area contributed by atoms with E-state index in [1.54, 1.807) is 0 Å². The molecule has 2 heterocycles. The van der Waals surface area contributed by atoms with Crippen molar-refractivity contribution in [1.29, 1.82) is 0 Å². The average Bonchev–Trinajstić information content (AvgIpc) is 2.70. The van der Waals surface area contributed by atoms with Crippen LogP contribution in [0.1, 0.15) is 12.8 Å². The van der Waals surface area contributed by atoms with Crippen LogP contribution in [0.3, 0.4) is 0 Å². The van der Waals surface area contributed by atoms with Gasteiger partial charge in [-0.1, -0.05) is 0 Å².